The molecule has 0 radical (unpaired) electrons. The van der Waals surface area contributed by atoms with Gasteiger partial charge in [-0.05, 0) is 81.8 Å². The maximum Gasteiger partial charge on any atom is 0.204 e. The van der Waals surface area contributed by atoms with Crippen molar-refractivity contribution in [2.45, 2.75) is 58.0 Å². The zero-order valence-corrected chi connectivity index (χ0v) is 16.8. The molecule has 2 fully saturated rings. The second kappa shape index (κ2) is 10.2. The zero-order valence-electron chi connectivity index (χ0n) is 16.8. The highest BCUT2D eigenvalue weighted by Crippen LogP contribution is 2.38. The van der Waals surface area contributed by atoms with E-state index in [9.17, 15) is 8.78 Å². The quantitative estimate of drug-likeness (QED) is 0.512. The average Bonchev–Trinajstić information content (AvgIpc) is 2.72. The summed E-state index contributed by atoms with van der Waals surface area (Å²) >= 11 is 0. The minimum absolute atomic E-state index is 0.0305. The highest BCUT2D eigenvalue weighted by molar-refractivity contribution is 5.35. The van der Waals surface area contributed by atoms with Crippen LogP contribution in [0, 0.1) is 29.4 Å². The molecule has 0 aromatic heterocycles. The van der Waals surface area contributed by atoms with Gasteiger partial charge in [0.25, 0.3) is 0 Å². The maximum absolute atomic E-state index is 14.1. The van der Waals surface area contributed by atoms with Gasteiger partial charge in [-0.25, -0.2) is 0 Å². The molecule has 5 heteroatoms. The van der Waals surface area contributed by atoms with E-state index in [0.717, 1.165) is 45.1 Å². The van der Waals surface area contributed by atoms with Gasteiger partial charge in [0, 0.05) is 0 Å². The van der Waals surface area contributed by atoms with Crippen molar-refractivity contribution >= 4 is 0 Å². The highest BCUT2D eigenvalue weighted by atomic mass is 19.2. The van der Waals surface area contributed by atoms with Crippen LogP contribution in [0.4, 0.5) is 8.78 Å². The van der Waals surface area contributed by atoms with Crippen LogP contribution in [0.1, 0.15) is 51.9 Å². The van der Waals surface area contributed by atoms with Crippen LogP contribution in [0.2, 0.25) is 0 Å². The van der Waals surface area contributed by atoms with Crippen molar-refractivity contribution in [2.75, 3.05) is 19.8 Å². The molecule has 1 aromatic carbocycles. The van der Waals surface area contributed by atoms with Crippen LogP contribution >= 0.6 is 0 Å². The summed E-state index contributed by atoms with van der Waals surface area (Å²) in [5.41, 5.74) is 0. The fourth-order valence-electron chi connectivity index (χ4n) is 4.50. The van der Waals surface area contributed by atoms with Crippen LogP contribution in [0.3, 0.4) is 0 Å². The number of hydrogen-bond acceptors (Lipinski definition) is 3. The molecule has 1 aliphatic heterocycles. The Morgan fingerprint density at radius 1 is 1.00 bits per heavy atom. The van der Waals surface area contributed by atoms with Crippen LogP contribution < -0.4 is 9.47 Å². The maximum atomic E-state index is 14.1. The monoisotopic (exact) mass is 394 g/mol. The molecule has 0 amide bonds. The molecule has 0 bridgehead atoms. The first-order chi connectivity index (χ1) is 13.6. The minimum atomic E-state index is -0.977. The molecule has 1 heterocycles. The lowest BCUT2D eigenvalue weighted by Crippen LogP contribution is -2.33. The number of benzene rings is 1. The SMILES string of the molecule is C=CCC1CCC(C2CCC(COc3ccc(OCC)c(F)c3F)CC2)CO1. The predicted octanol–water partition coefficient (Wildman–Crippen LogP) is 5.92. The van der Waals surface area contributed by atoms with E-state index in [1.807, 2.05) is 6.08 Å². The lowest BCUT2D eigenvalue weighted by Gasteiger charge is -2.37. The summed E-state index contributed by atoms with van der Waals surface area (Å²) in [5.74, 6) is -0.289. The third-order valence-corrected chi connectivity index (χ3v) is 6.18. The third-order valence-electron chi connectivity index (χ3n) is 6.18. The van der Waals surface area contributed by atoms with Gasteiger partial charge in [-0.2, -0.15) is 8.78 Å². The van der Waals surface area contributed by atoms with Gasteiger partial charge in [-0.1, -0.05) is 6.08 Å². The predicted molar refractivity (Wildman–Crippen MR) is 106 cm³/mol. The van der Waals surface area contributed by atoms with Crippen molar-refractivity contribution in [1.82, 2.24) is 0 Å². The van der Waals surface area contributed by atoms with Crippen molar-refractivity contribution in [2.24, 2.45) is 17.8 Å². The summed E-state index contributed by atoms with van der Waals surface area (Å²) in [6, 6.07) is 2.88. The van der Waals surface area contributed by atoms with E-state index >= 15 is 0 Å². The molecule has 1 aliphatic carbocycles. The van der Waals surface area contributed by atoms with Crippen molar-refractivity contribution in [3.63, 3.8) is 0 Å². The Balaban J connectivity index is 1.43. The van der Waals surface area contributed by atoms with Crippen molar-refractivity contribution in [1.29, 1.82) is 0 Å². The fraction of sp³-hybridized carbons (Fsp3) is 0.652. The van der Waals surface area contributed by atoms with Crippen LogP contribution in [0.5, 0.6) is 11.5 Å². The van der Waals surface area contributed by atoms with E-state index in [0.29, 0.717) is 37.1 Å². The molecule has 1 saturated carbocycles. The Bertz CT molecular complexity index is 633. The normalized spacial score (nSPS) is 28.0. The van der Waals surface area contributed by atoms with Crippen LogP contribution in [0.15, 0.2) is 24.8 Å². The molecule has 3 nitrogen and oxygen atoms in total. The topological polar surface area (TPSA) is 27.7 Å². The first-order valence-electron chi connectivity index (χ1n) is 10.6. The zero-order chi connectivity index (χ0) is 19.9. The highest BCUT2D eigenvalue weighted by Gasteiger charge is 2.31. The standard InChI is InChI=1S/C23H32F2O3/c1-3-5-19-11-10-18(15-27-19)17-8-6-16(7-9-17)14-28-21-13-12-20(26-4-2)22(24)23(21)25/h3,12-13,16-19H,1,4-11,14-15H2,2H3. The van der Waals surface area contributed by atoms with Gasteiger partial charge in [0.2, 0.25) is 11.6 Å². The summed E-state index contributed by atoms with van der Waals surface area (Å²) in [6.45, 7) is 7.11. The Kier molecular flexibility index (Phi) is 7.72. The van der Waals surface area contributed by atoms with Gasteiger partial charge < -0.3 is 14.2 Å². The lowest BCUT2D eigenvalue weighted by atomic mass is 9.74. The average molecular weight is 395 g/mol. The van der Waals surface area contributed by atoms with E-state index < -0.39 is 11.6 Å². The lowest BCUT2D eigenvalue weighted by molar-refractivity contribution is -0.0376. The van der Waals surface area contributed by atoms with Crippen LogP contribution in [-0.4, -0.2) is 25.9 Å². The number of halogens is 2. The Labute approximate surface area is 167 Å². The summed E-state index contributed by atoms with van der Waals surface area (Å²) in [6.07, 6.45) is 10.1. The van der Waals surface area contributed by atoms with Crippen molar-refractivity contribution in [3.05, 3.63) is 36.4 Å². The Morgan fingerprint density at radius 3 is 2.21 bits per heavy atom. The fourth-order valence-corrected chi connectivity index (χ4v) is 4.50. The molecule has 0 spiro atoms. The van der Waals surface area contributed by atoms with E-state index in [-0.39, 0.29) is 11.5 Å². The molecule has 2 aliphatic rings. The van der Waals surface area contributed by atoms with Gasteiger partial charge in [-0.15, -0.1) is 6.58 Å². The van der Waals surface area contributed by atoms with E-state index in [1.165, 1.54) is 18.6 Å². The molecule has 1 saturated heterocycles. The minimum Gasteiger partial charge on any atom is -0.491 e. The van der Waals surface area contributed by atoms with Crippen molar-refractivity contribution in [3.8, 4) is 11.5 Å². The van der Waals surface area contributed by atoms with Gasteiger partial charge >= 0.3 is 0 Å². The molecule has 1 aromatic rings. The molecule has 2 unspecified atom stereocenters. The van der Waals surface area contributed by atoms with E-state index in [2.05, 4.69) is 6.58 Å². The largest absolute Gasteiger partial charge is 0.491 e. The number of ether oxygens (including phenoxy) is 3. The first kappa shape index (κ1) is 21.1. The third kappa shape index (κ3) is 5.25. The molecular formula is C23H32F2O3. The van der Waals surface area contributed by atoms with E-state index in [1.54, 1.807) is 6.92 Å². The number of rotatable bonds is 8. The van der Waals surface area contributed by atoms with Gasteiger partial charge in [0.15, 0.2) is 11.5 Å². The molecular weight excluding hydrogens is 362 g/mol. The van der Waals surface area contributed by atoms with Crippen molar-refractivity contribution < 1.29 is 23.0 Å². The van der Waals surface area contributed by atoms with Crippen LogP contribution in [-0.2, 0) is 4.74 Å². The summed E-state index contributed by atoms with van der Waals surface area (Å²) in [5, 5.41) is 0. The second-order valence-electron chi connectivity index (χ2n) is 8.03. The molecule has 0 N–H and O–H groups in total. The molecule has 156 valence electrons. The first-order valence-corrected chi connectivity index (χ1v) is 10.6. The Morgan fingerprint density at radius 2 is 1.64 bits per heavy atom. The number of hydrogen-bond donors (Lipinski definition) is 0. The van der Waals surface area contributed by atoms with Gasteiger partial charge in [0.1, 0.15) is 0 Å². The molecule has 28 heavy (non-hydrogen) atoms. The summed E-state index contributed by atoms with van der Waals surface area (Å²) < 4.78 is 44.7. The smallest absolute Gasteiger partial charge is 0.204 e. The molecule has 3 rings (SSSR count). The molecule has 2 atom stereocenters. The van der Waals surface area contributed by atoms with E-state index in [4.69, 9.17) is 14.2 Å². The Hall–Kier alpha value is -1.62. The van der Waals surface area contributed by atoms with Gasteiger partial charge in [0.05, 0.1) is 25.9 Å². The van der Waals surface area contributed by atoms with Crippen LogP contribution in [0.25, 0.3) is 0 Å². The summed E-state index contributed by atoms with van der Waals surface area (Å²) in [4.78, 5) is 0. The van der Waals surface area contributed by atoms with Gasteiger partial charge in [-0.3, -0.25) is 0 Å². The second-order valence-corrected chi connectivity index (χ2v) is 8.03. The summed E-state index contributed by atoms with van der Waals surface area (Å²) in [7, 11) is 0.